The Morgan fingerprint density at radius 3 is 2.56 bits per heavy atom. The molecule has 1 saturated heterocycles. The molecule has 3 aromatic heterocycles. The lowest BCUT2D eigenvalue weighted by Crippen LogP contribution is -2.42. The van der Waals surface area contributed by atoms with Gasteiger partial charge in [0.25, 0.3) is 5.91 Å². The van der Waals surface area contributed by atoms with Crippen molar-refractivity contribution in [2.24, 2.45) is 5.92 Å². The van der Waals surface area contributed by atoms with Crippen LogP contribution in [-0.4, -0.2) is 51.0 Å². The van der Waals surface area contributed by atoms with Gasteiger partial charge in [0.2, 0.25) is 5.91 Å². The first kappa shape index (κ1) is 22.0. The van der Waals surface area contributed by atoms with E-state index in [-0.39, 0.29) is 17.7 Å². The Morgan fingerprint density at radius 1 is 1.16 bits per heavy atom. The number of hydrogen-bond acceptors (Lipinski definition) is 7. The van der Waals surface area contributed by atoms with E-state index in [9.17, 15) is 9.59 Å². The summed E-state index contributed by atoms with van der Waals surface area (Å²) in [5.74, 6) is 1.28. The molecule has 0 aromatic carbocycles. The number of hydrogen-bond donors (Lipinski definition) is 1. The Morgan fingerprint density at radius 2 is 1.94 bits per heavy atom. The lowest BCUT2D eigenvalue weighted by molar-refractivity contribution is -0.121. The monoisotopic (exact) mass is 451 g/mol. The summed E-state index contributed by atoms with van der Waals surface area (Å²) in [5, 5.41) is 3.50. The van der Waals surface area contributed by atoms with Gasteiger partial charge in [-0.2, -0.15) is 0 Å². The molecule has 0 atom stereocenters. The molecule has 32 heavy (non-hydrogen) atoms. The van der Waals surface area contributed by atoms with E-state index in [1.165, 1.54) is 11.8 Å². The number of nitrogens with zero attached hydrogens (tertiary/aromatic N) is 4. The Balaban J connectivity index is 1.43. The summed E-state index contributed by atoms with van der Waals surface area (Å²) < 4.78 is 5.40. The van der Waals surface area contributed by atoms with E-state index < -0.39 is 0 Å². The van der Waals surface area contributed by atoms with Gasteiger partial charge in [0, 0.05) is 25.2 Å². The standard InChI is InChI=1S/C23H25N5O3S/c1-14-6-7-18(24-13-14)26-21(29)16-8-10-28(11-9-16)23(30)19-15(2)25-20(27-22(19)32-3)17-5-4-12-31-17/h4-7,12-13,16H,8-11H2,1-3H3,(H,24,26,29). The topological polar surface area (TPSA) is 101 Å². The van der Waals surface area contributed by atoms with Crippen LogP contribution in [0.3, 0.4) is 0 Å². The van der Waals surface area contributed by atoms with Gasteiger partial charge in [-0.1, -0.05) is 6.07 Å². The number of nitrogens with one attached hydrogen (secondary N) is 1. The van der Waals surface area contributed by atoms with Crippen LogP contribution >= 0.6 is 11.8 Å². The van der Waals surface area contributed by atoms with Crippen molar-refractivity contribution in [2.75, 3.05) is 24.7 Å². The summed E-state index contributed by atoms with van der Waals surface area (Å²) in [6.45, 7) is 4.78. The number of likely N-dealkylation sites (tertiary alicyclic amines) is 1. The summed E-state index contributed by atoms with van der Waals surface area (Å²) in [6.07, 6.45) is 6.38. The molecule has 0 aliphatic carbocycles. The molecule has 0 unspecified atom stereocenters. The molecule has 0 radical (unpaired) electrons. The molecule has 4 heterocycles. The van der Waals surface area contributed by atoms with E-state index in [1.54, 1.807) is 35.6 Å². The van der Waals surface area contributed by atoms with Crippen molar-refractivity contribution in [3.05, 3.63) is 53.5 Å². The maximum Gasteiger partial charge on any atom is 0.258 e. The highest BCUT2D eigenvalue weighted by molar-refractivity contribution is 7.98. The maximum atomic E-state index is 13.3. The first-order chi connectivity index (χ1) is 15.5. The van der Waals surface area contributed by atoms with Crippen LogP contribution in [0.15, 0.2) is 46.2 Å². The van der Waals surface area contributed by atoms with E-state index >= 15 is 0 Å². The summed E-state index contributed by atoms with van der Waals surface area (Å²) in [5.41, 5.74) is 2.17. The molecule has 8 nitrogen and oxygen atoms in total. The number of thioether (sulfide) groups is 1. The number of pyridine rings is 1. The van der Waals surface area contributed by atoms with Crippen LogP contribution in [0.25, 0.3) is 11.6 Å². The van der Waals surface area contributed by atoms with Crippen LogP contribution in [0, 0.1) is 19.8 Å². The summed E-state index contributed by atoms with van der Waals surface area (Å²) in [6, 6.07) is 7.28. The molecule has 3 aromatic rings. The van der Waals surface area contributed by atoms with Crippen molar-refractivity contribution in [1.29, 1.82) is 0 Å². The van der Waals surface area contributed by atoms with Crippen molar-refractivity contribution in [2.45, 2.75) is 31.7 Å². The van der Waals surface area contributed by atoms with Crippen LogP contribution in [0.5, 0.6) is 0 Å². The van der Waals surface area contributed by atoms with Crippen LogP contribution in [0.2, 0.25) is 0 Å². The smallest absolute Gasteiger partial charge is 0.258 e. The van der Waals surface area contributed by atoms with Crippen LogP contribution in [0.4, 0.5) is 5.82 Å². The molecular weight excluding hydrogens is 426 g/mol. The quantitative estimate of drug-likeness (QED) is 0.463. The van der Waals surface area contributed by atoms with Gasteiger partial charge in [0.15, 0.2) is 11.6 Å². The number of aryl methyl sites for hydroxylation is 2. The molecule has 166 valence electrons. The van der Waals surface area contributed by atoms with Gasteiger partial charge in [0.1, 0.15) is 10.8 Å². The molecular formula is C23H25N5O3S. The predicted molar refractivity (Wildman–Crippen MR) is 122 cm³/mol. The van der Waals surface area contributed by atoms with E-state index in [0.717, 1.165) is 5.56 Å². The second-order valence-corrected chi connectivity index (χ2v) is 8.57. The van der Waals surface area contributed by atoms with Crippen molar-refractivity contribution in [3.63, 3.8) is 0 Å². The lowest BCUT2D eigenvalue weighted by Gasteiger charge is -2.31. The summed E-state index contributed by atoms with van der Waals surface area (Å²) in [7, 11) is 0. The van der Waals surface area contributed by atoms with Gasteiger partial charge >= 0.3 is 0 Å². The van der Waals surface area contributed by atoms with Gasteiger partial charge in [0.05, 0.1) is 17.5 Å². The molecule has 0 spiro atoms. The number of amides is 2. The molecule has 1 fully saturated rings. The van der Waals surface area contributed by atoms with E-state index in [4.69, 9.17) is 4.42 Å². The van der Waals surface area contributed by atoms with Crippen molar-refractivity contribution >= 4 is 29.4 Å². The number of rotatable bonds is 5. The Labute approximate surface area is 190 Å². The number of aromatic nitrogens is 3. The Kier molecular flexibility index (Phi) is 6.55. The Hall–Kier alpha value is -3.20. The van der Waals surface area contributed by atoms with Crippen LogP contribution < -0.4 is 5.32 Å². The number of carbonyl (C=O) groups excluding carboxylic acids is 2. The second kappa shape index (κ2) is 9.52. The van der Waals surface area contributed by atoms with Crippen molar-refractivity contribution in [3.8, 4) is 11.6 Å². The zero-order valence-electron chi connectivity index (χ0n) is 18.3. The van der Waals surface area contributed by atoms with Crippen molar-refractivity contribution < 1.29 is 14.0 Å². The van der Waals surface area contributed by atoms with E-state index in [0.29, 0.717) is 59.6 Å². The minimum atomic E-state index is -0.152. The number of piperidine rings is 1. The predicted octanol–water partition coefficient (Wildman–Crippen LogP) is 3.96. The van der Waals surface area contributed by atoms with Gasteiger partial charge in [-0.15, -0.1) is 11.8 Å². The van der Waals surface area contributed by atoms with Gasteiger partial charge < -0.3 is 14.6 Å². The zero-order valence-corrected chi connectivity index (χ0v) is 19.1. The third-order valence-electron chi connectivity index (χ3n) is 5.52. The molecule has 0 saturated carbocycles. The highest BCUT2D eigenvalue weighted by Gasteiger charge is 2.30. The maximum absolute atomic E-state index is 13.3. The lowest BCUT2D eigenvalue weighted by atomic mass is 9.95. The number of furan rings is 1. The summed E-state index contributed by atoms with van der Waals surface area (Å²) in [4.78, 5) is 41.0. The average Bonchev–Trinajstić information content (AvgIpc) is 3.35. The third kappa shape index (κ3) is 4.67. The molecule has 1 aliphatic heterocycles. The first-order valence-corrected chi connectivity index (χ1v) is 11.7. The molecule has 4 rings (SSSR count). The largest absolute Gasteiger partial charge is 0.461 e. The zero-order chi connectivity index (χ0) is 22.7. The highest BCUT2D eigenvalue weighted by atomic mass is 32.2. The average molecular weight is 452 g/mol. The van der Waals surface area contributed by atoms with Gasteiger partial charge in [-0.25, -0.2) is 15.0 Å². The van der Waals surface area contributed by atoms with E-state index in [2.05, 4.69) is 20.3 Å². The first-order valence-electron chi connectivity index (χ1n) is 10.5. The van der Waals surface area contributed by atoms with Crippen LogP contribution in [0.1, 0.15) is 34.5 Å². The molecule has 1 aliphatic rings. The fourth-order valence-electron chi connectivity index (χ4n) is 3.73. The minimum Gasteiger partial charge on any atom is -0.461 e. The molecule has 2 amide bonds. The SMILES string of the molecule is CSc1nc(-c2ccco2)nc(C)c1C(=O)N1CCC(C(=O)Nc2ccc(C)cn2)CC1. The van der Waals surface area contributed by atoms with Crippen molar-refractivity contribution in [1.82, 2.24) is 19.9 Å². The third-order valence-corrected chi connectivity index (χ3v) is 6.20. The minimum absolute atomic E-state index is 0.0550. The molecule has 9 heteroatoms. The van der Waals surface area contributed by atoms with Gasteiger partial charge in [-0.05, 0) is 56.7 Å². The Bertz CT molecular complexity index is 1110. The number of anilines is 1. The molecule has 1 N–H and O–H groups in total. The van der Waals surface area contributed by atoms with Gasteiger partial charge in [-0.3, -0.25) is 9.59 Å². The molecule has 0 bridgehead atoms. The fraction of sp³-hybridized carbons (Fsp3) is 0.348. The fourth-order valence-corrected chi connectivity index (χ4v) is 4.35. The second-order valence-electron chi connectivity index (χ2n) is 7.77. The van der Waals surface area contributed by atoms with E-state index in [1.807, 2.05) is 26.2 Å². The summed E-state index contributed by atoms with van der Waals surface area (Å²) >= 11 is 1.41. The normalized spacial score (nSPS) is 14.4. The highest BCUT2D eigenvalue weighted by Crippen LogP contribution is 2.28. The van der Waals surface area contributed by atoms with Crippen LogP contribution in [-0.2, 0) is 4.79 Å². The number of carbonyl (C=O) groups is 2.